The molecule has 0 aromatic heterocycles. The van der Waals surface area contributed by atoms with Gasteiger partial charge in [-0.05, 0) is 31.2 Å². The molecule has 1 saturated heterocycles. The largest absolute Gasteiger partial charge is 0.497 e. The number of amides is 3. The molecule has 1 aliphatic heterocycles. The quantitative estimate of drug-likeness (QED) is 0.820. The van der Waals surface area contributed by atoms with Crippen LogP contribution in [-0.2, 0) is 4.79 Å². The van der Waals surface area contributed by atoms with Crippen LogP contribution < -0.4 is 25.0 Å². The zero-order chi connectivity index (χ0) is 19.2. The maximum absolute atomic E-state index is 12.4. The molecule has 1 atom stereocenters. The normalized spacial score (nSPS) is 16.1. The second-order valence-electron chi connectivity index (χ2n) is 6.13. The zero-order valence-electron chi connectivity index (χ0n) is 15.4. The molecule has 0 saturated carbocycles. The minimum Gasteiger partial charge on any atom is -0.497 e. The number of nitrogens with one attached hydrogen (secondary N) is 2. The molecular weight excluding hydrogens is 346 g/mol. The standard InChI is InChI=1S/C20H23N3O4/c1-3-27-18-10-5-4-9-17(18)22-20(25)21-14-11-19(24)23(13-14)15-7-6-8-16(12-15)26-2/h4-10,12,14H,3,11,13H2,1-2H3,(H2,21,22,25)/t14-/m0/s1. The highest BCUT2D eigenvalue weighted by atomic mass is 16.5. The van der Waals surface area contributed by atoms with Gasteiger partial charge in [0.2, 0.25) is 5.91 Å². The van der Waals surface area contributed by atoms with Crippen molar-refractivity contribution in [2.75, 3.05) is 30.5 Å². The van der Waals surface area contributed by atoms with E-state index < -0.39 is 0 Å². The van der Waals surface area contributed by atoms with E-state index in [1.54, 1.807) is 30.2 Å². The lowest BCUT2D eigenvalue weighted by Crippen LogP contribution is -2.39. The van der Waals surface area contributed by atoms with Crippen LogP contribution in [0.4, 0.5) is 16.2 Å². The first-order valence-electron chi connectivity index (χ1n) is 8.84. The van der Waals surface area contributed by atoms with Gasteiger partial charge in [0.25, 0.3) is 0 Å². The van der Waals surface area contributed by atoms with Gasteiger partial charge in [0.1, 0.15) is 11.5 Å². The van der Waals surface area contributed by atoms with Crippen molar-refractivity contribution < 1.29 is 19.1 Å². The van der Waals surface area contributed by atoms with Crippen molar-refractivity contribution in [3.8, 4) is 11.5 Å². The van der Waals surface area contributed by atoms with Crippen molar-refractivity contribution in [1.29, 1.82) is 0 Å². The van der Waals surface area contributed by atoms with Crippen molar-refractivity contribution in [1.82, 2.24) is 5.32 Å². The van der Waals surface area contributed by atoms with Gasteiger partial charge in [-0.3, -0.25) is 4.79 Å². The van der Waals surface area contributed by atoms with Gasteiger partial charge in [-0.1, -0.05) is 18.2 Å². The Hall–Kier alpha value is -3.22. The second kappa shape index (κ2) is 8.44. The molecule has 7 nitrogen and oxygen atoms in total. The molecule has 1 fully saturated rings. The van der Waals surface area contributed by atoms with Crippen LogP contribution in [0, 0.1) is 0 Å². The van der Waals surface area contributed by atoms with Crippen LogP contribution in [0.15, 0.2) is 48.5 Å². The molecule has 0 aliphatic carbocycles. The SMILES string of the molecule is CCOc1ccccc1NC(=O)N[C@H]1CC(=O)N(c2cccc(OC)c2)C1. The van der Waals surface area contributed by atoms with Gasteiger partial charge in [-0.25, -0.2) is 4.79 Å². The van der Waals surface area contributed by atoms with Crippen molar-refractivity contribution in [2.24, 2.45) is 0 Å². The number of methoxy groups -OCH3 is 1. The Bertz CT molecular complexity index is 824. The van der Waals surface area contributed by atoms with Crippen LogP contribution in [0.1, 0.15) is 13.3 Å². The topological polar surface area (TPSA) is 79.9 Å². The Morgan fingerprint density at radius 3 is 2.81 bits per heavy atom. The highest BCUT2D eigenvalue weighted by Gasteiger charge is 2.31. The first-order chi connectivity index (χ1) is 13.1. The molecule has 0 unspecified atom stereocenters. The molecule has 2 aromatic rings. The predicted octanol–water partition coefficient (Wildman–Crippen LogP) is 3.02. The van der Waals surface area contributed by atoms with Crippen molar-refractivity contribution in [3.05, 3.63) is 48.5 Å². The zero-order valence-corrected chi connectivity index (χ0v) is 15.4. The lowest BCUT2D eigenvalue weighted by molar-refractivity contribution is -0.117. The average molecular weight is 369 g/mol. The molecule has 2 aromatic carbocycles. The van der Waals surface area contributed by atoms with E-state index in [4.69, 9.17) is 9.47 Å². The van der Waals surface area contributed by atoms with Crippen LogP contribution in [-0.4, -0.2) is 38.2 Å². The van der Waals surface area contributed by atoms with Crippen LogP contribution in [0.2, 0.25) is 0 Å². The summed E-state index contributed by atoms with van der Waals surface area (Å²) in [6.07, 6.45) is 0.248. The summed E-state index contributed by atoms with van der Waals surface area (Å²) in [7, 11) is 1.58. The number of hydrogen-bond donors (Lipinski definition) is 2. The molecule has 2 N–H and O–H groups in total. The number of para-hydroxylation sites is 2. The predicted molar refractivity (Wildman–Crippen MR) is 104 cm³/mol. The molecule has 7 heteroatoms. The smallest absolute Gasteiger partial charge is 0.319 e. The van der Waals surface area contributed by atoms with Crippen molar-refractivity contribution in [2.45, 2.75) is 19.4 Å². The summed E-state index contributed by atoms with van der Waals surface area (Å²) in [5.74, 6) is 1.25. The van der Waals surface area contributed by atoms with Gasteiger partial charge in [0.15, 0.2) is 0 Å². The summed E-state index contributed by atoms with van der Waals surface area (Å²) >= 11 is 0. The molecule has 1 aliphatic rings. The summed E-state index contributed by atoms with van der Waals surface area (Å²) in [6, 6.07) is 13.9. The average Bonchev–Trinajstić information content (AvgIpc) is 3.03. The van der Waals surface area contributed by atoms with E-state index in [0.717, 1.165) is 5.69 Å². The van der Waals surface area contributed by atoms with Crippen molar-refractivity contribution in [3.63, 3.8) is 0 Å². The fourth-order valence-electron chi connectivity index (χ4n) is 3.03. The molecule has 3 amide bonds. The van der Waals surface area contributed by atoms with E-state index in [0.29, 0.717) is 30.3 Å². The Morgan fingerprint density at radius 1 is 1.22 bits per heavy atom. The van der Waals surface area contributed by atoms with Crippen LogP contribution in [0.25, 0.3) is 0 Å². The minimum atomic E-state index is -0.368. The maximum atomic E-state index is 12.4. The Kier molecular flexibility index (Phi) is 5.80. The molecule has 27 heavy (non-hydrogen) atoms. The van der Waals surface area contributed by atoms with Crippen LogP contribution in [0.5, 0.6) is 11.5 Å². The number of ether oxygens (including phenoxy) is 2. The van der Waals surface area contributed by atoms with Gasteiger partial charge < -0.3 is 25.0 Å². The first-order valence-corrected chi connectivity index (χ1v) is 8.84. The summed E-state index contributed by atoms with van der Waals surface area (Å²) in [5, 5.41) is 5.64. The van der Waals surface area contributed by atoms with Gasteiger partial charge in [0, 0.05) is 24.7 Å². The first kappa shape index (κ1) is 18.6. The summed E-state index contributed by atoms with van der Waals surface area (Å²) in [4.78, 5) is 26.4. The fourth-order valence-corrected chi connectivity index (χ4v) is 3.03. The van der Waals surface area contributed by atoms with E-state index in [1.165, 1.54) is 0 Å². The number of carbonyl (C=O) groups excluding carboxylic acids is 2. The lowest BCUT2D eigenvalue weighted by atomic mass is 10.2. The van der Waals surface area contributed by atoms with Gasteiger partial charge >= 0.3 is 6.03 Å². The molecule has 0 bridgehead atoms. The number of urea groups is 1. The second-order valence-corrected chi connectivity index (χ2v) is 6.13. The van der Waals surface area contributed by atoms with E-state index in [2.05, 4.69) is 10.6 Å². The third kappa shape index (κ3) is 4.49. The number of hydrogen-bond acceptors (Lipinski definition) is 4. The molecule has 1 heterocycles. The molecule has 142 valence electrons. The summed E-state index contributed by atoms with van der Waals surface area (Å²) in [6.45, 7) is 2.80. The summed E-state index contributed by atoms with van der Waals surface area (Å²) < 4.78 is 10.7. The number of carbonyl (C=O) groups is 2. The minimum absolute atomic E-state index is 0.0386. The van der Waals surface area contributed by atoms with E-state index >= 15 is 0 Å². The highest BCUT2D eigenvalue weighted by molar-refractivity contribution is 5.98. The Balaban J connectivity index is 1.62. The Labute approximate surface area is 158 Å². The van der Waals surface area contributed by atoms with Gasteiger partial charge in [0.05, 0.1) is 25.4 Å². The van der Waals surface area contributed by atoms with Gasteiger partial charge in [-0.15, -0.1) is 0 Å². The summed E-state index contributed by atoms with van der Waals surface area (Å²) in [5.41, 5.74) is 1.34. The van der Waals surface area contributed by atoms with E-state index in [1.807, 2.05) is 37.3 Å². The lowest BCUT2D eigenvalue weighted by Gasteiger charge is -2.18. The number of benzene rings is 2. The number of rotatable bonds is 6. The molecule has 0 radical (unpaired) electrons. The third-order valence-electron chi connectivity index (χ3n) is 4.26. The monoisotopic (exact) mass is 369 g/mol. The maximum Gasteiger partial charge on any atom is 0.319 e. The number of nitrogens with zero attached hydrogens (tertiary/aromatic N) is 1. The van der Waals surface area contributed by atoms with Crippen molar-refractivity contribution >= 4 is 23.3 Å². The Morgan fingerprint density at radius 2 is 2.04 bits per heavy atom. The van der Waals surface area contributed by atoms with E-state index in [-0.39, 0.29) is 24.4 Å². The number of anilines is 2. The van der Waals surface area contributed by atoms with Crippen LogP contribution >= 0.6 is 0 Å². The third-order valence-corrected chi connectivity index (χ3v) is 4.26. The highest BCUT2D eigenvalue weighted by Crippen LogP contribution is 2.26. The fraction of sp³-hybridized carbons (Fsp3) is 0.300. The molecule has 3 rings (SSSR count). The van der Waals surface area contributed by atoms with E-state index in [9.17, 15) is 9.59 Å². The molecule has 0 spiro atoms. The van der Waals surface area contributed by atoms with Gasteiger partial charge in [-0.2, -0.15) is 0 Å². The van der Waals surface area contributed by atoms with Crippen LogP contribution in [0.3, 0.4) is 0 Å². The molecular formula is C20H23N3O4.